The van der Waals surface area contributed by atoms with E-state index in [2.05, 4.69) is 22.0 Å². The largest absolute Gasteiger partial charge is 0.408 e. The summed E-state index contributed by atoms with van der Waals surface area (Å²) in [5.74, 6) is -0.944. The van der Waals surface area contributed by atoms with E-state index in [1.165, 1.54) is 4.57 Å². The Morgan fingerprint density at radius 1 is 1.13 bits per heavy atom. The van der Waals surface area contributed by atoms with Gasteiger partial charge >= 0.3 is 11.9 Å². The number of carbonyl (C=O) groups excluding carboxylic acids is 1. The van der Waals surface area contributed by atoms with E-state index in [0.29, 0.717) is 16.7 Å². The average molecular weight is 644 g/mol. The van der Waals surface area contributed by atoms with Crippen molar-refractivity contribution in [3.63, 3.8) is 0 Å². The molecule has 3 heterocycles. The first-order chi connectivity index (χ1) is 21.4. The number of nitrogens with one attached hydrogen (secondary N) is 1. The van der Waals surface area contributed by atoms with Crippen LogP contribution in [0.3, 0.4) is 0 Å². The second kappa shape index (κ2) is 15.0. The number of amides is 1. The molecule has 0 fully saturated rings. The molecule has 1 atom stereocenters. The monoisotopic (exact) mass is 643 g/mol. The van der Waals surface area contributed by atoms with Gasteiger partial charge in [-0.2, -0.15) is 18.3 Å². The van der Waals surface area contributed by atoms with Gasteiger partial charge in [0.1, 0.15) is 12.6 Å². The van der Waals surface area contributed by atoms with E-state index in [4.69, 9.17) is 11.6 Å². The van der Waals surface area contributed by atoms with Gasteiger partial charge in [-0.1, -0.05) is 44.5 Å². The molecule has 2 aromatic carbocycles. The highest BCUT2D eigenvalue weighted by atomic mass is 35.5. The minimum absolute atomic E-state index is 0.259. The Labute approximate surface area is 264 Å². The fourth-order valence-electron chi connectivity index (χ4n) is 4.70. The van der Waals surface area contributed by atoms with Crippen molar-refractivity contribution >= 4 is 45.7 Å². The number of halogens is 4. The first-order valence-corrected chi connectivity index (χ1v) is 14.8. The highest BCUT2D eigenvalue weighted by Crippen LogP contribution is 2.32. The van der Waals surface area contributed by atoms with Gasteiger partial charge in [0.25, 0.3) is 0 Å². The molecule has 0 spiro atoms. The van der Waals surface area contributed by atoms with Gasteiger partial charge in [0.05, 0.1) is 39.7 Å². The molecule has 0 saturated heterocycles. The molecule has 5 aromatic rings. The molecular weight excluding hydrogens is 607 g/mol. The summed E-state index contributed by atoms with van der Waals surface area (Å²) in [5.41, 5.74) is 3.93. The number of benzene rings is 2. The molecule has 1 amide bonds. The molecule has 240 valence electrons. The van der Waals surface area contributed by atoms with Crippen LogP contribution < -0.4 is 11.0 Å². The van der Waals surface area contributed by atoms with Crippen molar-refractivity contribution in [2.45, 2.75) is 59.8 Å². The van der Waals surface area contributed by atoms with Gasteiger partial charge in [-0.3, -0.25) is 23.6 Å². The number of nitrogens with zero attached hydrogens (tertiary/aromatic N) is 6. The molecule has 0 aliphatic rings. The van der Waals surface area contributed by atoms with Gasteiger partial charge in [0, 0.05) is 31.2 Å². The third-order valence-electron chi connectivity index (χ3n) is 6.86. The van der Waals surface area contributed by atoms with Gasteiger partial charge < -0.3 is 10.3 Å². The van der Waals surface area contributed by atoms with E-state index in [-0.39, 0.29) is 5.02 Å². The molecule has 9 nitrogen and oxygen atoms in total. The topological polar surface area (TPSA) is 99.1 Å². The number of fused-ring (bicyclic) bond motifs is 2. The van der Waals surface area contributed by atoms with Gasteiger partial charge in [-0.15, -0.1) is 0 Å². The lowest BCUT2D eigenvalue weighted by atomic mass is 10.0. The number of rotatable bonds is 6. The summed E-state index contributed by atoms with van der Waals surface area (Å²) in [6.07, 6.45) is 3.56. The Kier molecular flexibility index (Phi) is 11.7. The molecule has 1 unspecified atom stereocenters. The third-order valence-corrected chi connectivity index (χ3v) is 7.17. The number of carbonyl (C=O) groups is 1. The van der Waals surface area contributed by atoms with Crippen molar-refractivity contribution in [1.29, 1.82) is 0 Å². The third kappa shape index (κ3) is 7.62. The van der Waals surface area contributed by atoms with Crippen molar-refractivity contribution < 1.29 is 18.0 Å². The van der Waals surface area contributed by atoms with Crippen molar-refractivity contribution in [3.8, 4) is 16.8 Å². The van der Waals surface area contributed by atoms with Crippen molar-refractivity contribution in [2.75, 3.05) is 7.05 Å². The van der Waals surface area contributed by atoms with Crippen LogP contribution in [0.2, 0.25) is 5.02 Å². The van der Waals surface area contributed by atoms with Crippen LogP contribution in [0.15, 0.2) is 64.8 Å². The molecular formula is C32H37ClF3N7O2. The fraction of sp³-hybridized carbons (Fsp3) is 0.344. The van der Waals surface area contributed by atoms with Crippen molar-refractivity contribution in [2.24, 2.45) is 12.0 Å². The first-order valence-electron chi connectivity index (χ1n) is 14.4. The maximum absolute atomic E-state index is 13.6. The van der Waals surface area contributed by atoms with E-state index < -0.39 is 30.4 Å². The standard InChI is InChI=1S/C26H22ClF3N6O2.C4H9N.C2H6/c1-14-9-16(17-10-31-12-22-18(17)11-32-34(22)3)7-8-20(14)36-24-19(27)5-4-6-21(24)35(25(36)38)13-23(37)33-15(2)26(28,29)30;1-3-4-5-2;1-2/h4-12,15H,13H2,1-3H3,(H,33,37);4H,3H2,1-2H3;1-2H3. The summed E-state index contributed by atoms with van der Waals surface area (Å²) in [5, 5.41) is 7.38. The molecule has 0 aliphatic carbocycles. The van der Waals surface area contributed by atoms with Crippen molar-refractivity contribution in [1.82, 2.24) is 29.2 Å². The average Bonchev–Trinajstić information content (AvgIpc) is 3.52. The van der Waals surface area contributed by atoms with Crippen molar-refractivity contribution in [3.05, 3.63) is 76.1 Å². The van der Waals surface area contributed by atoms with Gasteiger partial charge in [-0.05, 0) is 61.9 Å². The summed E-state index contributed by atoms with van der Waals surface area (Å²) in [4.78, 5) is 34.1. The fourth-order valence-corrected chi connectivity index (χ4v) is 4.95. The summed E-state index contributed by atoms with van der Waals surface area (Å²) < 4.78 is 43.0. The van der Waals surface area contributed by atoms with Crippen LogP contribution in [0.4, 0.5) is 13.2 Å². The highest BCUT2D eigenvalue weighted by Gasteiger charge is 2.37. The number of imidazole rings is 1. The summed E-state index contributed by atoms with van der Waals surface area (Å²) >= 11 is 6.49. The van der Waals surface area contributed by atoms with Crippen LogP contribution in [0, 0.1) is 6.92 Å². The lowest BCUT2D eigenvalue weighted by Crippen LogP contribution is -2.45. The predicted molar refractivity (Wildman–Crippen MR) is 174 cm³/mol. The summed E-state index contributed by atoms with van der Waals surface area (Å²) in [6.45, 7) is 8.13. The minimum atomic E-state index is -4.60. The molecule has 0 saturated carbocycles. The normalized spacial score (nSPS) is 12.1. The van der Waals surface area contributed by atoms with E-state index in [1.54, 1.807) is 54.6 Å². The molecule has 3 aromatic heterocycles. The van der Waals surface area contributed by atoms with Crippen LogP contribution in [0.1, 0.15) is 39.7 Å². The van der Waals surface area contributed by atoms with E-state index >= 15 is 0 Å². The molecule has 0 bridgehead atoms. The Morgan fingerprint density at radius 2 is 1.84 bits per heavy atom. The van der Waals surface area contributed by atoms with Gasteiger partial charge in [-0.25, -0.2) is 4.79 Å². The number of alkyl halides is 3. The Hall–Kier alpha value is -4.45. The molecule has 13 heteroatoms. The second-order valence-electron chi connectivity index (χ2n) is 9.88. The van der Waals surface area contributed by atoms with Crippen LogP contribution in [-0.4, -0.2) is 55.3 Å². The number of aromatic nitrogens is 5. The van der Waals surface area contributed by atoms with E-state index in [9.17, 15) is 22.8 Å². The lowest BCUT2D eigenvalue weighted by molar-refractivity contribution is -0.158. The minimum Gasteiger partial charge on any atom is -0.343 e. The molecule has 45 heavy (non-hydrogen) atoms. The zero-order valence-corrected chi connectivity index (χ0v) is 27.0. The smallest absolute Gasteiger partial charge is 0.343 e. The molecule has 5 rings (SSSR count). The van der Waals surface area contributed by atoms with E-state index in [0.717, 1.165) is 45.5 Å². The number of hydrogen-bond donors (Lipinski definition) is 1. The zero-order chi connectivity index (χ0) is 33.5. The van der Waals surface area contributed by atoms with E-state index in [1.807, 2.05) is 51.5 Å². The summed E-state index contributed by atoms with van der Waals surface area (Å²) in [7, 11) is 3.61. The molecule has 0 aliphatic heterocycles. The first kappa shape index (κ1) is 35.0. The summed E-state index contributed by atoms with van der Waals surface area (Å²) in [6, 6.07) is 8.26. The quantitative estimate of drug-likeness (QED) is 0.204. The maximum atomic E-state index is 13.6. The second-order valence-corrected chi connectivity index (χ2v) is 10.3. The Bertz CT molecular complexity index is 1870. The van der Waals surface area contributed by atoms with Crippen LogP contribution in [-0.2, 0) is 18.4 Å². The maximum Gasteiger partial charge on any atom is 0.408 e. The van der Waals surface area contributed by atoms with Gasteiger partial charge in [0.2, 0.25) is 5.91 Å². The zero-order valence-electron chi connectivity index (χ0n) is 26.3. The predicted octanol–water partition coefficient (Wildman–Crippen LogP) is 6.89. The Morgan fingerprint density at radius 3 is 2.44 bits per heavy atom. The molecule has 1 N–H and O–H groups in total. The number of aliphatic imine (C=N–C) groups is 1. The van der Waals surface area contributed by atoms with Crippen LogP contribution in [0.25, 0.3) is 38.8 Å². The number of pyridine rings is 1. The Balaban J connectivity index is 0.000000719. The van der Waals surface area contributed by atoms with Crippen LogP contribution >= 0.6 is 11.6 Å². The number of hydrogen-bond acceptors (Lipinski definition) is 5. The number of para-hydroxylation sites is 1. The lowest BCUT2D eigenvalue weighted by Gasteiger charge is -2.17. The molecule has 0 radical (unpaired) electrons. The highest BCUT2D eigenvalue weighted by molar-refractivity contribution is 6.35. The number of aryl methyl sites for hydroxylation is 2. The van der Waals surface area contributed by atoms with Crippen LogP contribution in [0.5, 0.6) is 0 Å². The van der Waals surface area contributed by atoms with Gasteiger partial charge in [0.15, 0.2) is 0 Å². The SMILES string of the molecule is CC.CCC=NC.Cc1cc(-c2cncc3c2cnn3C)ccc1-n1c(=O)n(CC(=O)NC(C)C(F)(F)F)c2cccc(Cl)c21.